The minimum Gasteiger partial charge on any atom is -0.381 e. The lowest BCUT2D eigenvalue weighted by Gasteiger charge is -2.24. The van der Waals surface area contributed by atoms with Crippen molar-refractivity contribution in [3.05, 3.63) is 24.3 Å². The van der Waals surface area contributed by atoms with E-state index in [4.69, 9.17) is 0 Å². The molecule has 1 fully saturated rings. The topological polar surface area (TPSA) is 58.2 Å². The second-order valence-corrected chi connectivity index (χ2v) is 6.50. The van der Waals surface area contributed by atoms with Crippen molar-refractivity contribution < 1.29 is 8.42 Å². The van der Waals surface area contributed by atoms with Crippen LogP contribution < -0.4 is 10.6 Å². The molecule has 0 radical (unpaired) electrons. The van der Waals surface area contributed by atoms with Crippen molar-refractivity contribution in [1.82, 2.24) is 5.32 Å². The van der Waals surface area contributed by atoms with E-state index in [1.165, 1.54) is 12.7 Å². The molecular formula is C12H18N2O2S. The van der Waals surface area contributed by atoms with Gasteiger partial charge in [-0.25, -0.2) is 8.42 Å². The molecule has 2 rings (SSSR count). The highest BCUT2D eigenvalue weighted by atomic mass is 32.2. The van der Waals surface area contributed by atoms with Gasteiger partial charge in [-0.2, -0.15) is 0 Å². The summed E-state index contributed by atoms with van der Waals surface area (Å²) in [6.45, 7) is 2.05. The second-order valence-electron chi connectivity index (χ2n) is 4.48. The third-order valence-corrected chi connectivity index (χ3v) is 4.08. The molecule has 0 spiro atoms. The van der Waals surface area contributed by atoms with E-state index in [0.717, 1.165) is 25.2 Å². The van der Waals surface area contributed by atoms with Crippen LogP contribution in [0.3, 0.4) is 0 Å². The van der Waals surface area contributed by atoms with Gasteiger partial charge in [0.25, 0.3) is 0 Å². The molecule has 1 aliphatic rings. The summed E-state index contributed by atoms with van der Waals surface area (Å²) in [6.07, 6.45) is 3.56. The molecule has 0 bridgehead atoms. The molecule has 0 aromatic heterocycles. The summed E-state index contributed by atoms with van der Waals surface area (Å²) in [5.74, 6) is 0. The summed E-state index contributed by atoms with van der Waals surface area (Å²) >= 11 is 0. The number of anilines is 1. The van der Waals surface area contributed by atoms with E-state index < -0.39 is 9.84 Å². The third-order valence-electron chi connectivity index (χ3n) is 2.95. The Labute approximate surface area is 102 Å². The lowest BCUT2D eigenvalue weighted by Crippen LogP contribution is -2.38. The molecule has 4 nitrogen and oxygen atoms in total. The second kappa shape index (κ2) is 5.06. The van der Waals surface area contributed by atoms with Gasteiger partial charge in [-0.1, -0.05) is 0 Å². The lowest BCUT2D eigenvalue weighted by molar-refractivity contribution is 0.480. The first-order chi connectivity index (χ1) is 8.05. The SMILES string of the molecule is CS(=O)(=O)c1ccc(NC2CCCNC2)cc1. The van der Waals surface area contributed by atoms with Crippen LogP contribution in [0.2, 0.25) is 0 Å². The first-order valence-electron chi connectivity index (χ1n) is 5.83. The van der Waals surface area contributed by atoms with Gasteiger partial charge in [0, 0.05) is 24.5 Å². The Morgan fingerprint density at radius 2 is 2.00 bits per heavy atom. The molecular weight excluding hydrogens is 236 g/mol. The molecule has 1 heterocycles. The molecule has 0 amide bonds. The Kier molecular flexibility index (Phi) is 3.69. The first kappa shape index (κ1) is 12.4. The molecule has 94 valence electrons. The molecule has 0 saturated carbocycles. The summed E-state index contributed by atoms with van der Waals surface area (Å²) in [7, 11) is -3.09. The summed E-state index contributed by atoms with van der Waals surface area (Å²) in [5, 5.41) is 6.73. The van der Waals surface area contributed by atoms with E-state index in [0.29, 0.717) is 10.9 Å². The molecule has 1 saturated heterocycles. The fourth-order valence-electron chi connectivity index (χ4n) is 2.01. The zero-order valence-corrected chi connectivity index (χ0v) is 10.8. The van der Waals surface area contributed by atoms with Gasteiger partial charge in [-0.3, -0.25) is 0 Å². The standard InChI is InChI=1S/C12H18N2O2S/c1-17(15,16)12-6-4-10(5-7-12)14-11-3-2-8-13-9-11/h4-7,11,13-14H,2-3,8-9H2,1H3. The monoisotopic (exact) mass is 254 g/mol. The summed E-state index contributed by atoms with van der Waals surface area (Å²) in [4.78, 5) is 0.366. The van der Waals surface area contributed by atoms with E-state index >= 15 is 0 Å². The van der Waals surface area contributed by atoms with E-state index in [2.05, 4.69) is 10.6 Å². The highest BCUT2D eigenvalue weighted by Crippen LogP contribution is 2.16. The van der Waals surface area contributed by atoms with Crippen LogP contribution >= 0.6 is 0 Å². The van der Waals surface area contributed by atoms with Gasteiger partial charge in [0.15, 0.2) is 9.84 Å². The van der Waals surface area contributed by atoms with Crippen LogP contribution in [0.15, 0.2) is 29.2 Å². The van der Waals surface area contributed by atoms with Gasteiger partial charge >= 0.3 is 0 Å². The molecule has 1 aromatic carbocycles. The van der Waals surface area contributed by atoms with Crippen molar-refractivity contribution in [1.29, 1.82) is 0 Å². The maximum atomic E-state index is 11.3. The number of hydrogen-bond donors (Lipinski definition) is 2. The van der Waals surface area contributed by atoms with Gasteiger partial charge in [0.1, 0.15) is 0 Å². The van der Waals surface area contributed by atoms with Crippen molar-refractivity contribution >= 4 is 15.5 Å². The van der Waals surface area contributed by atoms with Gasteiger partial charge in [0.05, 0.1) is 4.90 Å². The van der Waals surface area contributed by atoms with Gasteiger partial charge in [-0.05, 0) is 43.7 Å². The number of benzene rings is 1. The predicted octanol–water partition coefficient (Wildman–Crippen LogP) is 1.25. The number of nitrogens with one attached hydrogen (secondary N) is 2. The molecule has 1 atom stereocenters. The Bertz CT molecular complexity index is 462. The fourth-order valence-corrected chi connectivity index (χ4v) is 2.64. The van der Waals surface area contributed by atoms with Gasteiger partial charge in [0.2, 0.25) is 0 Å². The average Bonchev–Trinajstić information content (AvgIpc) is 2.30. The van der Waals surface area contributed by atoms with Crippen molar-refractivity contribution in [3.63, 3.8) is 0 Å². The third kappa shape index (κ3) is 3.44. The van der Waals surface area contributed by atoms with Crippen molar-refractivity contribution in [3.8, 4) is 0 Å². The van der Waals surface area contributed by atoms with E-state index in [1.807, 2.05) is 12.1 Å². The van der Waals surface area contributed by atoms with Crippen LogP contribution in [0, 0.1) is 0 Å². The number of hydrogen-bond acceptors (Lipinski definition) is 4. The van der Waals surface area contributed by atoms with Crippen molar-refractivity contribution in [2.24, 2.45) is 0 Å². The van der Waals surface area contributed by atoms with E-state index in [-0.39, 0.29) is 0 Å². The molecule has 1 unspecified atom stereocenters. The zero-order valence-electron chi connectivity index (χ0n) is 9.94. The smallest absolute Gasteiger partial charge is 0.175 e. The maximum absolute atomic E-state index is 11.3. The van der Waals surface area contributed by atoms with Crippen LogP contribution in [-0.2, 0) is 9.84 Å². The highest BCUT2D eigenvalue weighted by Gasteiger charge is 2.12. The summed E-state index contributed by atoms with van der Waals surface area (Å²) < 4.78 is 22.6. The van der Waals surface area contributed by atoms with Crippen molar-refractivity contribution in [2.45, 2.75) is 23.8 Å². The van der Waals surface area contributed by atoms with Crippen LogP contribution in [0.5, 0.6) is 0 Å². The summed E-state index contributed by atoms with van der Waals surface area (Å²) in [5.41, 5.74) is 0.978. The van der Waals surface area contributed by atoms with E-state index in [1.54, 1.807) is 12.1 Å². The van der Waals surface area contributed by atoms with Gasteiger partial charge in [-0.15, -0.1) is 0 Å². The largest absolute Gasteiger partial charge is 0.381 e. The molecule has 17 heavy (non-hydrogen) atoms. The Morgan fingerprint density at radius 1 is 1.29 bits per heavy atom. The van der Waals surface area contributed by atoms with Crippen LogP contribution in [-0.4, -0.2) is 33.8 Å². The molecule has 1 aromatic rings. The molecule has 1 aliphatic heterocycles. The molecule has 2 N–H and O–H groups in total. The molecule has 5 heteroatoms. The quantitative estimate of drug-likeness (QED) is 0.852. The van der Waals surface area contributed by atoms with Crippen LogP contribution in [0.4, 0.5) is 5.69 Å². The average molecular weight is 254 g/mol. The minimum atomic E-state index is -3.09. The minimum absolute atomic E-state index is 0.366. The number of piperidine rings is 1. The summed E-state index contributed by atoms with van der Waals surface area (Å²) in [6, 6.07) is 7.38. The maximum Gasteiger partial charge on any atom is 0.175 e. The van der Waals surface area contributed by atoms with Gasteiger partial charge < -0.3 is 10.6 Å². The van der Waals surface area contributed by atoms with Crippen molar-refractivity contribution in [2.75, 3.05) is 24.7 Å². The van der Waals surface area contributed by atoms with E-state index in [9.17, 15) is 8.42 Å². The highest BCUT2D eigenvalue weighted by molar-refractivity contribution is 7.90. The zero-order chi connectivity index (χ0) is 12.3. The number of sulfone groups is 1. The normalized spacial score (nSPS) is 21.1. The molecule has 0 aliphatic carbocycles. The first-order valence-corrected chi connectivity index (χ1v) is 7.72. The number of rotatable bonds is 3. The Hall–Kier alpha value is -1.07. The fraction of sp³-hybridized carbons (Fsp3) is 0.500. The van der Waals surface area contributed by atoms with Crippen LogP contribution in [0.25, 0.3) is 0 Å². The predicted molar refractivity (Wildman–Crippen MR) is 69.1 cm³/mol. The Morgan fingerprint density at radius 3 is 2.53 bits per heavy atom. The lowest BCUT2D eigenvalue weighted by atomic mass is 10.1. The van der Waals surface area contributed by atoms with Crippen LogP contribution in [0.1, 0.15) is 12.8 Å². The Balaban J connectivity index is 2.03.